The van der Waals surface area contributed by atoms with Gasteiger partial charge in [-0.15, -0.1) is 0 Å². The topological polar surface area (TPSA) is 278 Å². The Morgan fingerprint density at radius 2 is 1.34 bits per heavy atom. The Kier molecular flexibility index (Phi) is 36.8. The first-order chi connectivity index (χ1) is 24.6. The van der Waals surface area contributed by atoms with Crippen LogP contribution in [0.2, 0.25) is 0 Å². The summed E-state index contributed by atoms with van der Waals surface area (Å²) in [4.78, 5) is 85.2. The van der Waals surface area contributed by atoms with Crippen LogP contribution in [0.25, 0.3) is 0 Å². The van der Waals surface area contributed by atoms with E-state index < -0.39 is 59.8 Å². The van der Waals surface area contributed by atoms with Crippen LogP contribution in [0.5, 0.6) is 0 Å². The predicted octanol–water partition coefficient (Wildman–Crippen LogP) is -2.89. The van der Waals surface area contributed by atoms with E-state index in [0.29, 0.717) is 57.9 Å². The first kappa shape index (κ1) is 55.9. The van der Waals surface area contributed by atoms with E-state index in [2.05, 4.69) is 26.6 Å². The van der Waals surface area contributed by atoms with Crippen molar-refractivity contribution < 1.29 is 90.1 Å². The van der Waals surface area contributed by atoms with Crippen LogP contribution < -0.4 is 95.2 Å². The number of carboxylic acids is 1. The molecule has 0 aliphatic carbocycles. The number of hydrogen-bond acceptors (Lipinski definition) is 12. The van der Waals surface area contributed by atoms with Gasteiger partial charge < -0.3 is 58.5 Å². The molecule has 0 aliphatic rings. The van der Waals surface area contributed by atoms with Crippen molar-refractivity contribution in [3.63, 3.8) is 0 Å². The van der Waals surface area contributed by atoms with E-state index in [1.165, 1.54) is 0 Å². The fourth-order valence-electron chi connectivity index (χ4n) is 4.87. The molecule has 4 amide bonds. The summed E-state index contributed by atoms with van der Waals surface area (Å²) in [6.45, 7) is 8.24. The number of carbonyl (C=O) groups excluding carboxylic acids is 6. The molecule has 7 unspecified atom stereocenters. The maximum Gasteiger partial charge on any atom is 1.00 e. The average molecular weight is 799 g/mol. The van der Waals surface area contributed by atoms with Crippen molar-refractivity contribution >= 4 is 53.9 Å². The fraction of sp³-hybridized carbons (Fsp3) is 0.800. The van der Waals surface area contributed by atoms with Crippen molar-refractivity contribution in [1.29, 1.82) is 0 Å². The molecule has 0 radical (unpaired) electrons. The van der Waals surface area contributed by atoms with E-state index in [1.807, 2.05) is 33.3 Å². The Bertz CT molecular complexity index is 1060. The summed E-state index contributed by atoms with van der Waals surface area (Å²) in [5, 5.41) is 22.5. The molecule has 0 aliphatic heterocycles. The molecule has 0 fully saturated rings. The number of carbonyl (C=O) groups is 6. The van der Waals surface area contributed by atoms with Crippen molar-refractivity contribution in [1.82, 2.24) is 26.6 Å². The number of aliphatic carboxylic acids is 1. The molecule has 0 rings (SSSR count). The number of aldehydes is 1. The Morgan fingerprint density at radius 1 is 0.811 bits per heavy atom. The summed E-state index contributed by atoms with van der Waals surface area (Å²) in [6, 6.07) is -4.94. The van der Waals surface area contributed by atoms with Gasteiger partial charge in [0, 0.05) is 6.42 Å². The number of amides is 4. The average Bonchev–Trinajstić information content (AvgIpc) is 3.11. The second-order valence-corrected chi connectivity index (χ2v) is 14.2. The number of carboxylic acid groups (broad SMARTS) is 1. The third-order valence-electron chi connectivity index (χ3n) is 8.28. The maximum absolute atomic E-state index is 13.5. The van der Waals surface area contributed by atoms with Crippen molar-refractivity contribution in [2.45, 2.75) is 135 Å². The third kappa shape index (κ3) is 27.7. The molecule has 0 saturated carbocycles. The van der Waals surface area contributed by atoms with E-state index >= 15 is 0 Å². The quantitative estimate of drug-likeness (QED) is 0.0159. The number of nitrogens with two attached hydrogens (primary N) is 3. The third-order valence-corrected chi connectivity index (χ3v) is 8.92. The van der Waals surface area contributed by atoms with Crippen LogP contribution >= 0.6 is 11.8 Å². The van der Waals surface area contributed by atoms with Gasteiger partial charge in [0.2, 0.25) is 23.6 Å². The fourth-order valence-corrected chi connectivity index (χ4v) is 5.34. The van der Waals surface area contributed by atoms with Gasteiger partial charge in [-0.25, -0.2) is 6.29 Å². The monoisotopic (exact) mass is 798 g/mol. The summed E-state index contributed by atoms with van der Waals surface area (Å²) >= 11 is 1.74. The number of thioether (sulfide) groups is 1. The minimum Gasteiger partial charge on any atom is -0.540 e. The Labute approximate surface area is 363 Å². The first-order valence-corrected chi connectivity index (χ1v) is 19.6. The number of hydrogen-bond donors (Lipinski definition) is 9. The van der Waals surface area contributed by atoms with Gasteiger partial charge >= 0.3 is 57.4 Å². The second kappa shape index (κ2) is 35.0. The summed E-state index contributed by atoms with van der Waals surface area (Å²) in [7, 11) is 1.77. The van der Waals surface area contributed by atoms with Gasteiger partial charge in [-0.3, -0.25) is 24.0 Å². The van der Waals surface area contributed by atoms with E-state index in [1.54, 1.807) is 25.7 Å². The number of unbranched alkanes of at least 4 members (excludes halogenated alkanes) is 2. The standard InChI is InChI=1S/C29H55N7O7.C6H12NOS.K/c1-5-19(4)25(36-26(40)21(32)12-13-24(38)39)29(43)35-23(11-7-9-15-31)28(42)34-22(10-6-8-14-30)27(41)33-20(17-37)16-18(2)3;1-7-6(5-8)3-4-9-2;/h17-23,25H,5-16,30-32H2,1-4H3,(H,33,41)(H,34,42)(H,35,43)(H,36,40)(H,38,39);6-7H,3-4H2,1-2H3;/q;-1;+1. The Hall–Kier alpha value is -1.48. The molecule has 302 valence electrons. The predicted molar refractivity (Wildman–Crippen MR) is 205 cm³/mol. The number of nitrogens with one attached hydrogen (secondary N) is 5. The largest absolute Gasteiger partial charge is 1.00 e. The van der Waals surface area contributed by atoms with Crippen molar-refractivity contribution in [2.24, 2.45) is 29.0 Å². The summed E-state index contributed by atoms with van der Waals surface area (Å²) in [6.07, 6.45) is 8.85. The minimum absolute atomic E-state index is 0. The Balaban J connectivity index is -0.00000219. The zero-order chi connectivity index (χ0) is 40.1. The number of rotatable bonds is 29. The zero-order valence-electron chi connectivity index (χ0n) is 33.0. The van der Waals surface area contributed by atoms with Gasteiger partial charge in [0.15, 0.2) is 0 Å². The van der Waals surface area contributed by atoms with Crippen molar-refractivity contribution in [2.75, 3.05) is 32.1 Å². The molecular formula is C35H67KN8O8S. The van der Waals surface area contributed by atoms with Gasteiger partial charge in [0.05, 0.1) is 12.1 Å². The Morgan fingerprint density at radius 3 is 1.75 bits per heavy atom. The molecule has 12 N–H and O–H groups in total. The van der Waals surface area contributed by atoms with Crippen LogP contribution in [0.1, 0.15) is 98.3 Å². The van der Waals surface area contributed by atoms with Crippen LogP contribution in [0.4, 0.5) is 0 Å². The molecular weight excluding hydrogens is 732 g/mol. The van der Waals surface area contributed by atoms with Crippen LogP contribution in [0.15, 0.2) is 0 Å². The second-order valence-electron chi connectivity index (χ2n) is 13.2. The minimum atomic E-state index is -1.13. The molecule has 0 heterocycles. The van der Waals surface area contributed by atoms with E-state index in [0.717, 1.165) is 12.2 Å². The molecule has 7 atom stereocenters. The number of likely N-dealkylation sites (N-methyl/N-ethyl adjacent to an activating group) is 1. The molecule has 0 aromatic heterocycles. The summed E-state index contributed by atoms with van der Waals surface area (Å²) in [5.41, 5.74) is 17.1. The SMILES string of the molecule is CCC(C)C(NC(=O)C(N)CCC(=O)O)C(=O)NC(CCCCN)C(=O)NC(CCCCN)C(=O)NC(C=O)CC(C)C.CNC([C-]=O)CCSC.[K+]. The van der Waals surface area contributed by atoms with Crippen LogP contribution in [-0.4, -0.2) is 116 Å². The molecule has 53 heavy (non-hydrogen) atoms. The van der Waals surface area contributed by atoms with Crippen molar-refractivity contribution in [3.8, 4) is 0 Å². The first-order valence-electron chi connectivity index (χ1n) is 18.2. The van der Waals surface area contributed by atoms with E-state index in [-0.39, 0.29) is 94.9 Å². The van der Waals surface area contributed by atoms with Gasteiger partial charge in [-0.1, -0.05) is 46.6 Å². The smallest absolute Gasteiger partial charge is 0.540 e. The van der Waals surface area contributed by atoms with E-state index in [4.69, 9.17) is 22.3 Å². The maximum atomic E-state index is 13.5. The van der Waals surface area contributed by atoms with Crippen LogP contribution in [0.3, 0.4) is 0 Å². The normalized spacial score (nSPS) is 14.7. The van der Waals surface area contributed by atoms with Gasteiger partial charge in [0.1, 0.15) is 24.4 Å². The van der Waals surface area contributed by atoms with Crippen LogP contribution in [-0.2, 0) is 33.6 Å². The van der Waals surface area contributed by atoms with E-state index in [9.17, 15) is 33.6 Å². The summed E-state index contributed by atoms with van der Waals surface area (Å²) < 4.78 is 0. The molecule has 0 saturated heterocycles. The molecule has 0 aromatic carbocycles. The molecule has 16 nitrogen and oxygen atoms in total. The molecule has 0 bridgehead atoms. The van der Waals surface area contributed by atoms with Gasteiger partial charge in [-0.2, -0.15) is 11.8 Å². The molecule has 0 spiro atoms. The molecule has 0 aromatic rings. The van der Waals surface area contributed by atoms with Crippen LogP contribution in [0, 0.1) is 11.8 Å². The summed E-state index contributed by atoms with van der Waals surface area (Å²) in [5.74, 6) is -2.62. The van der Waals surface area contributed by atoms with Crippen molar-refractivity contribution in [3.05, 3.63) is 0 Å². The molecule has 18 heteroatoms. The zero-order valence-corrected chi connectivity index (χ0v) is 37.0. The van der Waals surface area contributed by atoms with Gasteiger partial charge in [0.25, 0.3) is 0 Å². The van der Waals surface area contributed by atoms with Gasteiger partial charge in [-0.05, 0) is 95.3 Å².